The Kier molecular flexibility index (Phi) is 19.1. The Morgan fingerprint density at radius 2 is 1.66 bits per heavy atom. The molecule has 3 aromatic carbocycles. The van der Waals surface area contributed by atoms with Crippen LogP contribution in [0.5, 0.6) is 0 Å². The average molecular weight is 1270 g/mol. The molecule has 6 atom stereocenters. The monoisotopic (exact) mass is 1270 g/mol. The minimum atomic E-state index is -5.95. The molecule has 5 aliphatic rings. The number of fused-ring (bicyclic) bond motifs is 3. The fraction of sp³-hybridized carbons (Fsp3) is 0.456. The summed E-state index contributed by atoms with van der Waals surface area (Å²) in [5, 5.41) is 10.1. The van der Waals surface area contributed by atoms with Crippen LogP contribution in [-0.4, -0.2) is 159 Å². The summed E-state index contributed by atoms with van der Waals surface area (Å²) in [5.74, 6) is -2.32. The summed E-state index contributed by atoms with van der Waals surface area (Å²) in [6.07, 6.45) is 2.39. The minimum Gasteiger partial charge on any atom is -0.370 e. The Morgan fingerprint density at radius 3 is 2.34 bits per heavy atom. The van der Waals surface area contributed by atoms with Crippen molar-refractivity contribution in [2.24, 2.45) is 11.7 Å². The molecule has 0 spiro atoms. The molecule has 1 aromatic heterocycles. The highest BCUT2D eigenvalue weighted by atomic mass is 32.2. The first-order valence-corrected chi connectivity index (χ1v) is 32.3. The van der Waals surface area contributed by atoms with Crippen LogP contribution in [0.1, 0.15) is 113 Å². The first-order valence-electron chi connectivity index (χ1n) is 28.0. The van der Waals surface area contributed by atoms with Crippen molar-refractivity contribution in [2.75, 3.05) is 32.4 Å². The second-order valence-corrected chi connectivity index (χ2v) is 27.0. The maximum absolute atomic E-state index is 14.7. The van der Waals surface area contributed by atoms with E-state index in [1.54, 1.807) is 18.2 Å². The molecule has 8 N–H and O–H groups in total. The van der Waals surface area contributed by atoms with Gasteiger partial charge in [-0.05, 0) is 116 Å². The molecule has 6 heterocycles. The van der Waals surface area contributed by atoms with Gasteiger partial charge in [0.2, 0.25) is 51.4 Å². The van der Waals surface area contributed by atoms with Gasteiger partial charge in [0.25, 0.3) is 11.8 Å². The van der Waals surface area contributed by atoms with Gasteiger partial charge in [0.1, 0.15) is 30.2 Å². The lowest BCUT2D eigenvalue weighted by molar-refractivity contribution is -0.144. The van der Waals surface area contributed by atoms with Crippen molar-refractivity contribution in [1.82, 2.24) is 40.3 Å². The summed E-state index contributed by atoms with van der Waals surface area (Å²) in [7, 11) is -9.97. The number of piperidine rings is 2. The number of primary amides is 1. The van der Waals surface area contributed by atoms with E-state index in [1.165, 1.54) is 20.8 Å². The van der Waals surface area contributed by atoms with Gasteiger partial charge in [-0.3, -0.25) is 53.0 Å². The van der Waals surface area contributed by atoms with Gasteiger partial charge in [-0.1, -0.05) is 30.0 Å². The van der Waals surface area contributed by atoms with Crippen LogP contribution >= 0.6 is 18.9 Å². The number of amides is 9. The molecule has 0 radical (unpaired) electrons. The Hall–Kier alpha value is -7.61. The summed E-state index contributed by atoms with van der Waals surface area (Å²) in [6.45, 7) is -0.131. The Labute approximate surface area is 500 Å². The van der Waals surface area contributed by atoms with Gasteiger partial charge >= 0.3 is 13.3 Å². The molecule has 0 saturated carbocycles. The van der Waals surface area contributed by atoms with E-state index in [4.69, 9.17) is 5.73 Å². The molecule has 3 unspecified atom stereocenters. The van der Waals surface area contributed by atoms with Crippen LogP contribution in [0.3, 0.4) is 0 Å². The van der Waals surface area contributed by atoms with Gasteiger partial charge in [0.15, 0.2) is 11.6 Å². The number of carbonyl (C=O) groups is 9. The molecule has 9 amide bonds. The molecule has 87 heavy (non-hydrogen) atoms. The van der Waals surface area contributed by atoms with Gasteiger partial charge in [-0.25, -0.2) is 17.2 Å². The summed E-state index contributed by atoms with van der Waals surface area (Å²) >= 11 is 0.779. The number of nitrogens with zero attached hydrogens (tertiary/aromatic N) is 4. The van der Waals surface area contributed by atoms with E-state index < -0.39 is 143 Å². The molecular weight excluding hydrogens is 1210 g/mol. The van der Waals surface area contributed by atoms with Crippen LogP contribution in [0.4, 0.5) is 17.6 Å². The molecule has 30 heteroatoms. The van der Waals surface area contributed by atoms with Gasteiger partial charge in [-0.2, -0.15) is 13.1 Å². The third-order valence-electron chi connectivity index (χ3n) is 16.4. The van der Waals surface area contributed by atoms with Gasteiger partial charge in [0, 0.05) is 85.8 Å². The van der Waals surface area contributed by atoms with Crippen molar-refractivity contribution in [1.29, 1.82) is 0 Å². The molecule has 4 aromatic rings. The van der Waals surface area contributed by atoms with E-state index >= 15 is 0 Å². The lowest BCUT2D eigenvalue weighted by atomic mass is 9.91. The average Bonchev–Trinajstić information content (AvgIpc) is 2.06. The third-order valence-corrected chi connectivity index (χ3v) is 19.8. The van der Waals surface area contributed by atoms with Crippen LogP contribution < -0.4 is 27.0 Å². The number of nitrogens with two attached hydrogens (primary N) is 1. The van der Waals surface area contributed by atoms with E-state index in [0.717, 1.165) is 58.3 Å². The molecule has 23 nitrogen and oxygen atoms in total. The highest BCUT2D eigenvalue weighted by Crippen LogP contribution is 2.59. The molecule has 5 aliphatic heterocycles. The molecule has 0 aliphatic carbocycles. The van der Waals surface area contributed by atoms with E-state index in [9.17, 15) is 83.5 Å². The standard InChI is InChI=1S/C57H62F4N9O14PS2/c1-87(83,84)68-24-21-36-11-14-45(70(36)56(79)43(30-68)65-53(76)47-28-34-27-35(10-16-46(34)86-47)57(60,61)85(80,81)82)52(75)63-41(13-17-48(62)71)50(73)64-42(26-32-9-12-39(58)40(59)25-32)55(78)67-22-19-31(20-23-67)5-2-3-6-33-7-4-8-37-38(33)29-69(54(37)77)44-15-18-49(72)66-51(44)74/h4,7-10,12,16,25,27-28,31,36,41-45H,2,5,11,13-15,17-24,26,29-30H2,1H3,(H2,62,71)(H,63,75)(H,64,73)(H,65,76)(H,66,72,74)(H2,80,81,82)/t36-,41?,42?,43+,44?,45+/m1/s1. The predicted molar refractivity (Wildman–Crippen MR) is 304 cm³/mol. The fourth-order valence-corrected chi connectivity index (χ4v) is 14.0. The zero-order valence-electron chi connectivity index (χ0n) is 46.8. The number of likely N-dealkylation sites (tertiary alicyclic amines) is 1. The quantitative estimate of drug-likeness (QED) is 0.0326. The largest absolute Gasteiger partial charge is 0.399 e. The normalized spacial score (nSPS) is 21.2. The summed E-state index contributed by atoms with van der Waals surface area (Å²) < 4.78 is 96.8. The number of carbonyl (C=O) groups excluding carboxylic acids is 9. The van der Waals surface area contributed by atoms with Gasteiger partial charge < -0.3 is 46.2 Å². The number of nitrogens with one attached hydrogen (secondary N) is 4. The molecular formula is C57H62F4N9O14PS2. The van der Waals surface area contributed by atoms with Crippen LogP contribution in [0.25, 0.3) is 10.1 Å². The number of imide groups is 1. The van der Waals surface area contributed by atoms with E-state index in [0.29, 0.717) is 42.4 Å². The third kappa shape index (κ3) is 14.4. The molecule has 4 saturated heterocycles. The first-order chi connectivity index (χ1) is 41.1. The van der Waals surface area contributed by atoms with Crippen molar-refractivity contribution in [3.63, 3.8) is 0 Å². The molecule has 4 fully saturated rings. The van der Waals surface area contributed by atoms with Crippen molar-refractivity contribution < 1.29 is 83.5 Å². The lowest BCUT2D eigenvalue weighted by Gasteiger charge is -2.38. The van der Waals surface area contributed by atoms with Crippen molar-refractivity contribution in [2.45, 2.75) is 126 Å². The number of alkyl halides is 2. The number of benzene rings is 3. The molecule has 464 valence electrons. The highest BCUT2D eigenvalue weighted by molar-refractivity contribution is 7.88. The van der Waals surface area contributed by atoms with Gasteiger partial charge in [-0.15, -0.1) is 11.3 Å². The second kappa shape index (κ2) is 26.0. The minimum absolute atomic E-state index is 0.00153. The number of halogens is 4. The number of hydrogen-bond acceptors (Lipinski definition) is 13. The number of thiophene rings is 1. The molecule has 9 rings (SSSR count). The van der Waals surface area contributed by atoms with Crippen LogP contribution in [0.2, 0.25) is 0 Å². The summed E-state index contributed by atoms with van der Waals surface area (Å²) in [5.41, 5.74) is 1.80. The fourth-order valence-electron chi connectivity index (χ4n) is 11.7. The van der Waals surface area contributed by atoms with Crippen molar-refractivity contribution >= 4 is 92.2 Å². The summed E-state index contributed by atoms with van der Waals surface area (Å²) in [4.78, 5) is 144. The zero-order chi connectivity index (χ0) is 62.9. The smallest absolute Gasteiger partial charge is 0.370 e. The predicted octanol–water partition coefficient (Wildman–Crippen LogP) is 2.84. The topological polar surface area (TPSA) is 332 Å². The second-order valence-electron chi connectivity index (χ2n) is 22.3. The maximum atomic E-state index is 14.7. The number of hydrogen-bond donors (Lipinski definition) is 7. The SMILES string of the molecule is CS(=O)(=O)N1CC[C@H]2CC[C@@H](C(=O)NC(CCC(N)=O)C(=O)NC(Cc3ccc(F)c(F)c3)C(=O)N3CCC(CCC#Cc4cccc5c4CN(C4CCC(=O)NC4=O)C5=O)CC3)N2C(=O)[C@@H](NC(=O)c2cc3cc(C(F)(F)P(=O)(O)O)ccc3s2)C1. The van der Waals surface area contributed by atoms with E-state index in [-0.39, 0.29) is 97.1 Å². The van der Waals surface area contributed by atoms with Crippen molar-refractivity contribution in [3.05, 3.63) is 105 Å². The number of rotatable bonds is 18. The zero-order valence-corrected chi connectivity index (χ0v) is 49.3. The van der Waals surface area contributed by atoms with Crippen molar-refractivity contribution in [3.8, 4) is 11.8 Å². The summed E-state index contributed by atoms with van der Waals surface area (Å²) in [6, 6.07) is 4.43. The number of sulfonamides is 1. The Morgan fingerprint density at radius 1 is 0.908 bits per heavy atom. The van der Waals surface area contributed by atoms with Crippen LogP contribution in [0.15, 0.2) is 60.7 Å². The van der Waals surface area contributed by atoms with Gasteiger partial charge in [0.05, 0.1) is 11.1 Å². The van der Waals surface area contributed by atoms with Crippen LogP contribution in [-0.2, 0) is 66.8 Å². The highest BCUT2D eigenvalue weighted by Gasteiger charge is 2.51. The lowest BCUT2D eigenvalue weighted by Crippen LogP contribution is -2.62. The van der Waals surface area contributed by atoms with E-state index in [2.05, 4.69) is 33.1 Å². The first kappa shape index (κ1) is 63.9. The van der Waals surface area contributed by atoms with E-state index in [1.807, 2.05) is 0 Å². The maximum Gasteiger partial charge on any atom is 0.399 e. The molecule has 0 bridgehead atoms. The Bertz CT molecular complexity index is 3700. The Balaban J connectivity index is 0.869. The van der Waals surface area contributed by atoms with Crippen LogP contribution in [0, 0.1) is 29.4 Å².